The van der Waals surface area contributed by atoms with Crippen LogP contribution in [-0.2, 0) is 9.47 Å². The molecule has 0 aliphatic carbocycles. The summed E-state index contributed by atoms with van der Waals surface area (Å²) in [5.41, 5.74) is 2.95. The lowest BCUT2D eigenvalue weighted by atomic mass is 10.0. The fraction of sp³-hybridized carbons (Fsp3) is 0.345. The molecule has 2 aromatic carbocycles. The number of carbonyl (C=O) groups is 1. The molecule has 0 unspecified atom stereocenters. The van der Waals surface area contributed by atoms with Gasteiger partial charge in [-0.3, -0.25) is 4.79 Å². The third-order valence-electron chi connectivity index (χ3n) is 6.86. The van der Waals surface area contributed by atoms with Gasteiger partial charge in [0.05, 0.1) is 12.0 Å². The van der Waals surface area contributed by atoms with Crippen LogP contribution in [0.25, 0.3) is 21.3 Å². The van der Waals surface area contributed by atoms with Crippen molar-refractivity contribution >= 4 is 33.3 Å². The number of amides is 1. The van der Waals surface area contributed by atoms with Crippen LogP contribution in [0.2, 0.25) is 0 Å². The predicted octanol–water partition coefficient (Wildman–Crippen LogP) is 4.85. The van der Waals surface area contributed by atoms with E-state index in [4.69, 9.17) is 19.2 Å². The topological polar surface area (TPSA) is 77.0 Å². The standard InChI is InChI=1S/C29H30N4O4S/c1-29(2)36-19-23(37-29)18-35-28-30-25(24-12-17-38-26(24)31-28)32-13-15-33(16-14-32)27(34)22-10-8-21(9-11-22)20-6-4-3-5-7-20/h3-12,17,23H,13-16,18-19H2,1-2H3/t23-/m0/s1. The van der Waals surface area contributed by atoms with E-state index < -0.39 is 5.79 Å². The van der Waals surface area contributed by atoms with E-state index in [1.165, 1.54) is 0 Å². The predicted molar refractivity (Wildman–Crippen MR) is 148 cm³/mol. The molecule has 1 atom stereocenters. The van der Waals surface area contributed by atoms with Crippen LogP contribution in [0, 0.1) is 0 Å². The number of hydrogen-bond donors (Lipinski definition) is 0. The average molecular weight is 531 g/mol. The second-order valence-electron chi connectivity index (χ2n) is 9.95. The van der Waals surface area contributed by atoms with Crippen molar-refractivity contribution in [3.05, 3.63) is 71.6 Å². The van der Waals surface area contributed by atoms with E-state index in [1.54, 1.807) is 11.3 Å². The Morgan fingerprint density at radius 2 is 1.74 bits per heavy atom. The number of ether oxygens (including phenoxy) is 3. The van der Waals surface area contributed by atoms with Crippen molar-refractivity contribution in [2.45, 2.75) is 25.7 Å². The maximum atomic E-state index is 13.2. The molecule has 9 heteroatoms. The zero-order valence-corrected chi connectivity index (χ0v) is 22.3. The summed E-state index contributed by atoms with van der Waals surface area (Å²) in [6.45, 7) is 7.19. The van der Waals surface area contributed by atoms with E-state index in [-0.39, 0.29) is 12.0 Å². The Morgan fingerprint density at radius 1 is 1.00 bits per heavy atom. The van der Waals surface area contributed by atoms with Crippen LogP contribution >= 0.6 is 11.3 Å². The van der Waals surface area contributed by atoms with Crippen LogP contribution in [0.3, 0.4) is 0 Å². The van der Waals surface area contributed by atoms with E-state index in [9.17, 15) is 4.79 Å². The number of fused-ring (bicyclic) bond motifs is 1. The molecule has 6 rings (SSSR count). The number of rotatable bonds is 6. The first-order valence-electron chi connectivity index (χ1n) is 12.8. The molecular formula is C29H30N4O4S. The van der Waals surface area contributed by atoms with E-state index in [0.29, 0.717) is 51.0 Å². The lowest BCUT2D eigenvalue weighted by Crippen LogP contribution is -2.49. The smallest absolute Gasteiger partial charge is 0.319 e. The van der Waals surface area contributed by atoms with Crippen LogP contribution in [-0.4, -0.2) is 72.1 Å². The van der Waals surface area contributed by atoms with E-state index >= 15 is 0 Å². The number of thiophene rings is 1. The van der Waals surface area contributed by atoms with Gasteiger partial charge >= 0.3 is 6.01 Å². The average Bonchev–Trinajstić information content (AvgIpc) is 3.57. The first-order valence-corrected chi connectivity index (χ1v) is 13.7. The van der Waals surface area contributed by atoms with Crippen molar-refractivity contribution in [2.75, 3.05) is 44.3 Å². The summed E-state index contributed by atoms with van der Waals surface area (Å²) in [5, 5.41) is 3.02. The molecule has 4 aromatic rings. The summed E-state index contributed by atoms with van der Waals surface area (Å²) in [7, 11) is 0. The van der Waals surface area contributed by atoms with Gasteiger partial charge in [0.2, 0.25) is 0 Å². The lowest BCUT2D eigenvalue weighted by molar-refractivity contribution is -0.141. The fourth-order valence-electron chi connectivity index (χ4n) is 4.88. The second-order valence-corrected chi connectivity index (χ2v) is 10.8. The van der Waals surface area contributed by atoms with Crippen molar-refractivity contribution in [1.29, 1.82) is 0 Å². The monoisotopic (exact) mass is 530 g/mol. The highest BCUT2D eigenvalue weighted by molar-refractivity contribution is 7.16. The molecule has 38 heavy (non-hydrogen) atoms. The minimum absolute atomic E-state index is 0.0540. The molecule has 2 aliphatic rings. The van der Waals surface area contributed by atoms with Gasteiger partial charge in [0.1, 0.15) is 23.4 Å². The summed E-state index contributed by atoms with van der Waals surface area (Å²) >= 11 is 1.56. The molecule has 0 radical (unpaired) electrons. The lowest BCUT2D eigenvalue weighted by Gasteiger charge is -2.35. The number of hydrogen-bond acceptors (Lipinski definition) is 8. The van der Waals surface area contributed by atoms with Gasteiger partial charge in [-0.05, 0) is 48.6 Å². The number of anilines is 1. The first kappa shape index (κ1) is 24.8. The highest BCUT2D eigenvalue weighted by Gasteiger charge is 2.33. The van der Waals surface area contributed by atoms with Crippen molar-refractivity contribution in [2.24, 2.45) is 0 Å². The number of piperazine rings is 1. The SMILES string of the molecule is CC1(C)OC[C@H](COc2nc(N3CCN(C(=O)c4ccc(-c5ccccc5)cc4)CC3)c3ccsc3n2)O1. The summed E-state index contributed by atoms with van der Waals surface area (Å²) < 4.78 is 17.4. The molecule has 196 valence electrons. The van der Waals surface area contributed by atoms with E-state index in [2.05, 4.69) is 22.0 Å². The molecule has 4 heterocycles. The van der Waals surface area contributed by atoms with Crippen molar-refractivity contribution in [3.63, 3.8) is 0 Å². The van der Waals surface area contributed by atoms with Crippen molar-refractivity contribution < 1.29 is 19.0 Å². The molecule has 0 N–H and O–H groups in total. The number of aromatic nitrogens is 2. The van der Waals surface area contributed by atoms with Gasteiger partial charge in [0.25, 0.3) is 5.91 Å². The maximum absolute atomic E-state index is 13.2. The van der Waals surface area contributed by atoms with Crippen LogP contribution in [0.15, 0.2) is 66.0 Å². The minimum atomic E-state index is -0.598. The molecule has 0 spiro atoms. The van der Waals surface area contributed by atoms with Crippen molar-refractivity contribution in [3.8, 4) is 17.1 Å². The minimum Gasteiger partial charge on any atom is -0.461 e. The van der Waals surface area contributed by atoms with Gasteiger partial charge in [0.15, 0.2) is 5.79 Å². The Balaban J connectivity index is 1.11. The van der Waals surface area contributed by atoms with Crippen LogP contribution in [0.4, 0.5) is 5.82 Å². The number of carbonyl (C=O) groups excluding carboxylic acids is 1. The summed E-state index contributed by atoms with van der Waals surface area (Å²) in [6, 6.07) is 20.4. The highest BCUT2D eigenvalue weighted by atomic mass is 32.1. The molecule has 0 saturated carbocycles. The maximum Gasteiger partial charge on any atom is 0.319 e. The third-order valence-corrected chi connectivity index (χ3v) is 7.66. The fourth-order valence-corrected chi connectivity index (χ4v) is 5.63. The highest BCUT2D eigenvalue weighted by Crippen LogP contribution is 2.31. The first-order chi connectivity index (χ1) is 18.4. The quantitative estimate of drug-likeness (QED) is 0.353. The molecular weight excluding hydrogens is 500 g/mol. The van der Waals surface area contributed by atoms with Crippen LogP contribution in [0.1, 0.15) is 24.2 Å². The molecule has 2 saturated heterocycles. The van der Waals surface area contributed by atoms with E-state index in [0.717, 1.165) is 27.2 Å². The molecule has 2 aliphatic heterocycles. The second kappa shape index (κ2) is 10.3. The van der Waals surface area contributed by atoms with Gasteiger partial charge < -0.3 is 24.0 Å². The summed E-state index contributed by atoms with van der Waals surface area (Å²) in [5.74, 6) is 0.298. The van der Waals surface area contributed by atoms with Gasteiger partial charge in [-0.1, -0.05) is 42.5 Å². The number of benzene rings is 2. The molecule has 2 fully saturated rings. The number of nitrogens with zero attached hydrogens (tertiary/aromatic N) is 4. The Morgan fingerprint density at radius 3 is 2.45 bits per heavy atom. The zero-order valence-electron chi connectivity index (χ0n) is 21.5. The molecule has 2 aromatic heterocycles. The van der Waals surface area contributed by atoms with Gasteiger partial charge in [-0.25, -0.2) is 0 Å². The molecule has 8 nitrogen and oxygen atoms in total. The zero-order chi connectivity index (χ0) is 26.1. The third kappa shape index (κ3) is 5.22. The molecule has 1 amide bonds. The van der Waals surface area contributed by atoms with Gasteiger partial charge in [-0.15, -0.1) is 11.3 Å². The molecule has 0 bridgehead atoms. The summed E-state index contributed by atoms with van der Waals surface area (Å²) in [4.78, 5) is 27.6. The van der Waals surface area contributed by atoms with Gasteiger partial charge in [0, 0.05) is 31.7 Å². The Hall–Kier alpha value is -3.53. The summed E-state index contributed by atoms with van der Waals surface area (Å²) in [6.07, 6.45) is -0.160. The van der Waals surface area contributed by atoms with Crippen molar-refractivity contribution in [1.82, 2.24) is 14.9 Å². The Kier molecular flexibility index (Phi) is 6.73. The largest absolute Gasteiger partial charge is 0.461 e. The Bertz CT molecular complexity index is 1420. The van der Waals surface area contributed by atoms with E-state index in [1.807, 2.05) is 72.7 Å². The normalized spacial score (nSPS) is 19.2. The Labute approximate surface area is 225 Å². The van der Waals surface area contributed by atoms with Crippen LogP contribution in [0.5, 0.6) is 6.01 Å². The van der Waals surface area contributed by atoms with Crippen LogP contribution < -0.4 is 9.64 Å². The van der Waals surface area contributed by atoms with Gasteiger partial charge in [-0.2, -0.15) is 9.97 Å².